The van der Waals surface area contributed by atoms with Crippen molar-refractivity contribution in [1.82, 2.24) is 14.9 Å². The normalized spacial score (nSPS) is 16.5. The number of aromatic nitrogens is 2. The topological polar surface area (TPSA) is 69.3 Å². The lowest BCUT2D eigenvalue weighted by Crippen LogP contribution is -2.49. The summed E-state index contributed by atoms with van der Waals surface area (Å²) in [5.41, 5.74) is 2.16. The van der Waals surface area contributed by atoms with Crippen LogP contribution in [-0.2, 0) is 24.1 Å². The first-order valence-corrected chi connectivity index (χ1v) is 12.1. The number of piperazine rings is 1. The lowest BCUT2D eigenvalue weighted by molar-refractivity contribution is -0.131. The minimum absolute atomic E-state index is 0.0554. The van der Waals surface area contributed by atoms with Gasteiger partial charge in [-0.1, -0.05) is 23.7 Å². The Morgan fingerprint density at radius 2 is 1.90 bits per heavy atom. The number of aryl methyl sites for hydroxylation is 3. The van der Waals surface area contributed by atoms with Crippen molar-refractivity contribution in [3.63, 3.8) is 0 Å². The molecule has 1 fully saturated rings. The minimum atomic E-state index is -0.0554. The fraction of sp³-hybridized carbons (Fsp3) is 0.435. The van der Waals surface area contributed by atoms with E-state index in [1.807, 2.05) is 29.2 Å². The molecule has 1 aliphatic heterocycles. The third kappa shape index (κ3) is 4.08. The summed E-state index contributed by atoms with van der Waals surface area (Å²) in [6.45, 7) is 2.86. The summed E-state index contributed by atoms with van der Waals surface area (Å²) < 4.78 is 0. The molecule has 2 aromatic heterocycles. The van der Waals surface area contributed by atoms with Crippen LogP contribution in [0, 0.1) is 0 Å². The van der Waals surface area contributed by atoms with Gasteiger partial charge in [-0.2, -0.15) is 0 Å². The van der Waals surface area contributed by atoms with E-state index in [0.29, 0.717) is 31.8 Å². The molecule has 1 aromatic carbocycles. The third-order valence-electron chi connectivity index (χ3n) is 6.28. The lowest BCUT2D eigenvalue weighted by Gasteiger charge is -2.36. The minimum Gasteiger partial charge on any atom is -0.367 e. The highest BCUT2D eigenvalue weighted by molar-refractivity contribution is 7.18. The van der Waals surface area contributed by atoms with E-state index in [9.17, 15) is 9.59 Å². The molecule has 31 heavy (non-hydrogen) atoms. The Hall–Kier alpha value is -2.38. The molecule has 1 N–H and O–H groups in total. The number of anilines is 1. The van der Waals surface area contributed by atoms with Crippen LogP contribution in [0.15, 0.2) is 29.1 Å². The van der Waals surface area contributed by atoms with Crippen molar-refractivity contribution in [2.24, 2.45) is 0 Å². The molecule has 1 amide bonds. The molecule has 5 rings (SSSR count). The number of nitrogens with one attached hydrogen (secondary N) is 1. The summed E-state index contributed by atoms with van der Waals surface area (Å²) in [4.78, 5) is 39.3. The van der Waals surface area contributed by atoms with Gasteiger partial charge < -0.3 is 14.8 Å². The highest BCUT2D eigenvalue weighted by Gasteiger charge is 2.23. The van der Waals surface area contributed by atoms with E-state index in [1.54, 1.807) is 11.3 Å². The summed E-state index contributed by atoms with van der Waals surface area (Å²) >= 11 is 7.95. The van der Waals surface area contributed by atoms with Crippen molar-refractivity contribution in [3.05, 3.63) is 55.9 Å². The van der Waals surface area contributed by atoms with E-state index in [2.05, 4.69) is 14.9 Å². The number of nitrogens with zero attached hydrogens (tertiary/aromatic N) is 3. The highest BCUT2D eigenvalue weighted by Crippen LogP contribution is 2.33. The monoisotopic (exact) mass is 456 g/mol. The number of hydrogen-bond acceptors (Lipinski definition) is 5. The average Bonchev–Trinajstić information content (AvgIpc) is 3.17. The van der Waals surface area contributed by atoms with E-state index in [1.165, 1.54) is 16.9 Å². The van der Waals surface area contributed by atoms with E-state index in [-0.39, 0.29) is 11.5 Å². The summed E-state index contributed by atoms with van der Waals surface area (Å²) in [6.07, 6.45) is 5.14. The fourth-order valence-corrected chi connectivity index (χ4v) is 6.15. The van der Waals surface area contributed by atoms with Gasteiger partial charge >= 0.3 is 0 Å². The maximum absolute atomic E-state index is 12.8. The molecule has 1 aliphatic carbocycles. The number of para-hydroxylation sites is 1. The molecule has 0 bridgehead atoms. The first-order chi connectivity index (χ1) is 15.1. The van der Waals surface area contributed by atoms with Gasteiger partial charge in [-0.25, -0.2) is 4.98 Å². The average molecular weight is 457 g/mol. The van der Waals surface area contributed by atoms with Gasteiger partial charge in [-0.05, 0) is 43.4 Å². The van der Waals surface area contributed by atoms with Crippen molar-refractivity contribution < 1.29 is 4.79 Å². The van der Waals surface area contributed by atoms with Crippen molar-refractivity contribution in [2.45, 2.75) is 38.5 Å². The zero-order valence-corrected chi connectivity index (χ0v) is 18.9. The third-order valence-corrected chi connectivity index (χ3v) is 7.78. The number of benzene rings is 1. The number of amides is 1. The van der Waals surface area contributed by atoms with Crippen LogP contribution in [0.3, 0.4) is 0 Å². The molecule has 0 radical (unpaired) electrons. The molecule has 2 aliphatic rings. The van der Waals surface area contributed by atoms with Gasteiger partial charge in [0.2, 0.25) is 5.91 Å². The molecule has 3 aromatic rings. The van der Waals surface area contributed by atoms with Crippen LogP contribution in [0.25, 0.3) is 10.2 Å². The molecule has 1 saturated heterocycles. The molecule has 3 heterocycles. The Morgan fingerprint density at radius 3 is 2.71 bits per heavy atom. The van der Waals surface area contributed by atoms with E-state index < -0.39 is 0 Å². The maximum Gasteiger partial charge on any atom is 0.259 e. The first-order valence-electron chi connectivity index (χ1n) is 10.9. The molecule has 162 valence electrons. The fourth-order valence-electron chi connectivity index (χ4n) is 4.62. The lowest BCUT2D eigenvalue weighted by atomic mass is 9.97. The summed E-state index contributed by atoms with van der Waals surface area (Å²) in [5, 5.41) is 1.51. The van der Waals surface area contributed by atoms with Crippen molar-refractivity contribution in [3.8, 4) is 0 Å². The highest BCUT2D eigenvalue weighted by atomic mass is 35.5. The zero-order valence-electron chi connectivity index (χ0n) is 17.3. The number of rotatable bonds is 4. The number of hydrogen-bond donors (Lipinski definition) is 1. The molecule has 0 saturated carbocycles. The zero-order chi connectivity index (χ0) is 21.4. The van der Waals surface area contributed by atoms with Crippen LogP contribution in [-0.4, -0.2) is 47.0 Å². The van der Waals surface area contributed by atoms with Gasteiger partial charge in [-0.15, -0.1) is 11.3 Å². The molecular formula is C23H25ClN4O2S. The summed E-state index contributed by atoms with van der Waals surface area (Å²) in [6, 6.07) is 7.81. The first kappa shape index (κ1) is 20.5. The van der Waals surface area contributed by atoms with Gasteiger partial charge in [-0.3, -0.25) is 9.59 Å². The van der Waals surface area contributed by atoms with Gasteiger partial charge in [0.1, 0.15) is 10.7 Å². The Balaban J connectivity index is 1.22. The Kier molecular flexibility index (Phi) is 5.71. The van der Waals surface area contributed by atoms with Crippen LogP contribution in [0.1, 0.15) is 35.5 Å². The summed E-state index contributed by atoms with van der Waals surface area (Å²) in [7, 11) is 0. The van der Waals surface area contributed by atoms with Crippen molar-refractivity contribution in [2.75, 3.05) is 31.1 Å². The number of aromatic amines is 1. The second-order valence-electron chi connectivity index (χ2n) is 8.22. The second kappa shape index (κ2) is 8.63. The number of thiophene rings is 1. The van der Waals surface area contributed by atoms with Crippen LogP contribution >= 0.6 is 22.9 Å². The molecule has 0 unspecified atom stereocenters. The Labute approximate surface area is 189 Å². The van der Waals surface area contributed by atoms with E-state index in [0.717, 1.165) is 53.3 Å². The van der Waals surface area contributed by atoms with Gasteiger partial charge in [0, 0.05) is 43.9 Å². The van der Waals surface area contributed by atoms with Crippen LogP contribution in [0.5, 0.6) is 0 Å². The number of carbonyl (C=O) groups is 1. The number of halogens is 1. The van der Waals surface area contributed by atoms with Crippen molar-refractivity contribution >= 4 is 44.7 Å². The van der Waals surface area contributed by atoms with Gasteiger partial charge in [0.15, 0.2) is 0 Å². The predicted octanol–water partition coefficient (Wildman–Crippen LogP) is 3.80. The van der Waals surface area contributed by atoms with Gasteiger partial charge in [0.25, 0.3) is 5.56 Å². The summed E-state index contributed by atoms with van der Waals surface area (Å²) in [5.74, 6) is 0.714. The van der Waals surface area contributed by atoms with Crippen LogP contribution < -0.4 is 10.5 Å². The molecular weight excluding hydrogens is 432 g/mol. The quantitative estimate of drug-likeness (QED) is 0.648. The standard InChI is InChI=1S/C23H25ClN4O2S/c24-16-6-2-3-7-17(16)27-11-13-28(14-12-27)20(29)10-9-19-25-22(30)21-15-5-1-4-8-18(15)31-23(21)26-19/h2-3,6-7H,1,4-5,8-14H2,(H,25,26,30). The number of fused-ring (bicyclic) bond motifs is 3. The number of H-pyrrole nitrogens is 1. The van der Waals surface area contributed by atoms with E-state index >= 15 is 0 Å². The Morgan fingerprint density at radius 1 is 1.13 bits per heavy atom. The molecule has 0 atom stereocenters. The number of carbonyl (C=O) groups excluding carboxylic acids is 1. The Bertz CT molecular complexity index is 1180. The molecule has 0 spiro atoms. The molecule has 8 heteroatoms. The van der Waals surface area contributed by atoms with Crippen LogP contribution in [0.2, 0.25) is 5.02 Å². The maximum atomic E-state index is 12.8. The largest absolute Gasteiger partial charge is 0.367 e. The van der Waals surface area contributed by atoms with Crippen LogP contribution in [0.4, 0.5) is 5.69 Å². The smallest absolute Gasteiger partial charge is 0.259 e. The van der Waals surface area contributed by atoms with Gasteiger partial charge in [0.05, 0.1) is 16.1 Å². The van der Waals surface area contributed by atoms with E-state index in [4.69, 9.17) is 11.6 Å². The second-order valence-corrected chi connectivity index (χ2v) is 9.71. The SMILES string of the molecule is O=C(CCc1nc2sc3c(c2c(=O)[nH]1)CCCC3)N1CCN(c2ccccc2Cl)CC1. The molecule has 6 nitrogen and oxygen atoms in total. The predicted molar refractivity (Wildman–Crippen MR) is 125 cm³/mol. The van der Waals surface area contributed by atoms with Crippen molar-refractivity contribution in [1.29, 1.82) is 0 Å².